The second-order valence-corrected chi connectivity index (χ2v) is 5.56. The van der Waals surface area contributed by atoms with E-state index in [1.807, 2.05) is 6.07 Å². The third-order valence-corrected chi connectivity index (χ3v) is 3.19. The molecule has 1 rings (SSSR count). The first-order chi connectivity index (χ1) is 10.8. The Kier molecular flexibility index (Phi) is 6.49. The number of hydrogen-bond acceptors (Lipinski definition) is 6. The lowest BCUT2D eigenvalue weighted by molar-refractivity contribution is -0.561. The Morgan fingerprint density at radius 2 is 1.91 bits per heavy atom. The molecule has 1 aromatic carbocycles. The molecule has 1 amide bonds. The summed E-state index contributed by atoms with van der Waals surface area (Å²) in [5.74, 6) is -0.767. The third-order valence-electron chi connectivity index (χ3n) is 3.19. The van der Waals surface area contributed by atoms with Crippen molar-refractivity contribution in [2.75, 3.05) is 7.11 Å². The Balaban J connectivity index is 2.64. The van der Waals surface area contributed by atoms with Crippen molar-refractivity contribution < 1.29 is 24.0 Å². The van der Waals surface area contributed by atoms with E-state index < -0.39 is 28.6 Å². The van der Waals surface area contributed by atoms with E-state index in [-0.39, 0.29) is 13.0 Å². The summed E-state index contributed by atoms with van der Waals surface area (Å²) in [6.45, 7) is 2.75. The maximum absolute atomic E-state index is 11.8. The molecular formula is C15H20N2O6. The molecule has 8 nitrogen and oxygen atoms in total. The third kappa shape index (κ3) is 5.93. The van der Waals surface area contributed by atoms with Gasteiger partial charge in [0.05, 0.1) is 7.11 Å². The van der Waals surface area contributed by atoms with E-state index in [1.54, 1.807) is 24.3 Å². The van der Waals surface area contributed by atoms with E-state index >= 15 is 0 Å². The van der Waals surface area contributed by atoms with Crippen molar-refractivity contribution in [3.8, 4) is 0 Å². The van der Waals surface area contributed by atoms with E-state index in [9.17, 15) is 19.7 Å². The number of amides is 1. The molecule has 0 aliphatic heterocycles. The molecule has 0 fully saturated rings. The molecule has 0 saturated heterocycles. The SMILES string of the molecule is COC(=O)C(CC(C)(C)[N+](=O)[O-])NC(=O)OCc1ccccc1. The van der Waals surface area contributed by atoms with Crippen LogP contribution in [0.1, 0.15) is 25.8 Å². The van der Waals surface area contributed by atoms with Gasteiger partial charge in [-0.15, -0.1) is 0 Å². The number of benzene rings is 1. The number of nitrogens with one attached hydrogen (secondary N) is 1. The molecule has 1 unspecified atom stereocenters. The van der Waals surface area contributed by atoms with Gasteiger partial charge in [-0.3, -0.25) is 10.1 Å². The van der Waals surface area contributed by atoms with Crippen LogP contribution in [0.15, 0.2) is 30.3 Å². The zero-order valence-corrected chi connectivity index (χ0v) is 13.3. The van der Waals surface area contributed by atoms with Crippen LogP contribution in [0.2, 0.25) is 0 Å². The van der Waals surface area contributed by atoms with Crippen molar-refractivity contribution in [2.24, 2.45) is 0 Å². The molecule has 126 valence electrons. The summed E-state index contributed by atoms with van der Waals surface area (Å²) < 4.78 is 9.57. The number of nitrogens with zero attached hydrogens (tertiary/aromatic N) is 1. The molecule has 0 spiro atoms. The number of ether oxygens (including phenoxy) is 2. The van der Waals surface area contributed by atoms with E-state index in [0.29, 0.717) is 0 Å². The van der Waals surface area contributed by atoms with E-state index in [2.05, 4.69) is 10.1 Å². The van der Waals surface area contributed by atoms with Crippen LogP contribution >= 0.6 is 0 Å². The van der Waals surface area contributed by atoms with Gasteiger partial charge >= 0.3 is 12.1 Å². The molecule has 0 bridgehead atoms. The Hall–Kier alpha value is -2.64. The van der Waals surface area contributed by atoms with Crippen LogP contribution in [0.3, 0.4) is 0 Å². The van der Waals surface area contributed by atoms with Gasteiger partial charge in [0, 0.05) is 25.2 Å². The summed E-state index contributed by atoms with van der Waals surface area (Å²) in [5, 5.41) is 13.3. The summed E-state index contributed by atoms with van der Waals surface area (Å²) in [6.07, 6.45) is -1.06. The molecule has 0 heterocycles. The molecule has 0 aromatic heterocycles. The number of nitro groups is 1. The van der Waals surface area contributed by atoms with Gasteiger partial charge in [0.25, 0.3) is 0 Å². The molecule has 0 saturated carbocycles. The quantitative estimate of drug-likeness (QED) is 0.466. The summed E-state index contributed by atoms with van der Waals surface area (Å²) in [7, 11) is 1.14. The number of carbonyl (C=O) groups excluding carboxylic acids is 2. The topological polar surface area (TPSA) is 108 Å². The first-order valence-corrected chi connectivity index (χ1v) is 6.96. The zero-order chi connectivity index (χ0) is 17.5. The van der Waals surface area contributed by atoms with Crippen LogP contribution in [-0.4, -0.2) is 35.7 Å². The normalized spacial score (nSPS) is 12.1. The molecule has 8 heteroatoms. The maximum Gasteiger partial charge on any atom is 0.408 e. The smallest absolute Gasteiger partial charge is 0.408 e. The van der Waals surface area contributed by atoms with Crippen LogP contribution in [0.25, 0.3) is 0 Å². The average molecular weight is 324 g/mol. The minimum atomic E-state index is -1.40. The fourth-order valence-corrected chi connectivity index (χ4v) is 1.82. The van der Waals surface area contributed by atoms with Crippen LogP contribution in [0.5, 0.6) is 0 Å². The van der Waals surface area contributed by atoms with Crippen LogP contribution in [0.4, 0.5) is 4.79 Å². The van der Waals surface area contributed by atoms with E-state index in [0.717, 1.165) is 12.7 Å². The van der Waals surface area contributed by atoms with Gasteiger partial charge in [-0.25, -0.2) is 9.59 Å². The van der Waals surface area contributed by atoms with Crippen molar-refractivity contribution in [3.63, 3.8) is 0 Å². The zero-order valence-electron chi connectivity index (χ0n) is 13.3. The van der Waals surface area contributed by atoms with E-state index in [4.69, 9.17) is 4.74 Å². The Morgan fingerprint density at radius 1 is 1.30 bits per heavy atom. The molecule has 0 aliphatic rings. The highest BCUT2D eigenvalue weighted by atomic mass is 16.6. The Bertz CT molecular complexity index is 558. The maximum atomic E-state index is 11.8. The fourth-order valence-electron chi connectivity index (χ4n) is 1.82. The van der Waals surface area contributed by atoms with Gasteiger partial charge in [0.2, 0.25) is 5.54 Å². The fraction of sp³-hybridized carbons (Fsp3) is 0.467. The van der Waals surface area contributed by atoms with Crippen LogP contribution in [-0.2, 0) is 20.9 Å². The van der Waals surface area contributed by atoms with Gasteiger partial charge in [0.15, 0.2) is 0 Å². The standard InChI is InChI=1S/C15H20N2O6/c1-15(2,17(20)21)9-12(13(18)22-3)16-14(19)23-10-11-7-5-4-6-8-11/h4-8,12H,9-10H2,1-3H3,(H,16,19). The van der Waals surface area contributed by atoms with Gasteiger partial charge < -0.3 is 14.8 Å². The molecule has 1 N–H and O–H groups in total. The lowest BCUT2D eigenvalue weighted by Gasteiger charge is -2.22. The summed E-state index contributed by atoms with van der Waals surface area (Å²) in [6, 6.07) is 7.82. The average Bonchev–Trinajstić information content (AvgIpc) is 2.52. The highest BCUT2D eigenvalue weighted by Gasteiger charge is 2.38. The lowest BCUT2D eigenvalue weighted by atomic mass is 9.96. The highest BCUT2D eigenvalue weighted by molar-refractivity contribution is 5.81. The van der Waals surface area contributed by atoms with Crippen molar-refractivity contribution in [1.82, 2.24) is 5.32 Å². The second kappa shape index (κ2) is 8.11. The monoisotopic (exact) mass is 324 g/mol. The minimum absolute atomic E-state index is 0.0270. The summed E-state index contributed by atoms with van der Waals surface area (Å²) >= 11 is 0. The first kappa shape index (κ1) is 18.4. The van der Waals surface area contributed by atoms with Gasteiger partial charge in [-0.05, 0) is 5.56 Å². The molecule has 0 aliphatic carbocycles. The number of alkyl carbamates (subject to hydrolysis) is 1. The number of methoxy groups -OCH3 is 1. The number of rotatable bonds is 7. The van der Waals surface area contributed by atoms with Crippen molar-refractivity contribution in [2.45, 2.75) is 38.5 Å². The molecule has 0 radical (unpaired) electrons. The van der Waals surface area contributed by atoms with Crippen LogP contribution in [0, 0.1) is 10.1 Å². The second-order valence-electron chi connectivity index (χ2n) is 5.56. The number of carbonyl (C=O) groups is 2. The first-order valence-electron chi connectivity index (χ1n) is 6.96. The number of hydrogen-bond donors (Lipinski definition) is 1. The highest BCUT2D eigenvalue weighted by Crippen LogP contribution is 2.16. The van der Waals surface area contributed by atoms with Gasteiger partial charge in [-0.1, -0.05) is 30.3 Å². The molecule has 1 atom stereocenters. The van der Waals surface area contributed by atoms with Gasteiger partial charge in [0.1, 0.15) is 12.6 Å². The largest absolute Gasteiger partial charge is 0.467 e. The van der Waals surface area contributed by atoms with Crippen molar-refractivity contribution in [1.29, 1.82) is 0 Å². The predicted octanol–water partition coefficient (Wildman–Crippen LogP) is 1.90. The summed E-state index contributed by atoms with van der Waals surface area (Å²) in [4.78, 5) is 34.0. The molecule has 1 aromatic rings. The number of esters is 1. The lowest BCUT2D eigenvalue weighted by Crippen LogP contribution is -2.48. The van der Waals surface area contributed by atoms with E-state index in [1.165, 1.54) is 13.8 Å². The predicted molar refractivity (Wildman–Crippen MR) is 81.3 cm³/mol. The van der Waals surface area contributed by atoms with Crippen LogP contribution < -0.4 is 5.32 Å². The molecular weight excluding hydrogens is 304 g/mol. The Morgan fingerprint density at radius 3 is 2.43 bits per heavy atom. The minimum Gasteiger partial charge on any atom is -0.467 e. The molecule has 23 heavy (non-hydrogen) atoms. The summed E-state index contributed by atoms with van der Waals surface area (Å²) in [5.41, 5.74) is -0.617. The Labute approximate surface area is 133 Å². The van der Waals surface area contributed by atoms with Crippen molar-refractivity contribution >= 4 is 12.1 Å². The van der Waals surface area contributed by atoms with Crippen molar-refractivity contribution in [3.05, 3.63) is 46.0 Å². The van der Waals surface area contributed by atoms with Gasteiger partial charge in [-0.2, -0.15) is 0 Å².